The van der Waals surface area contributed by atoms with E-state index in [0.29, 0.717) is 17.7 Å². The van der Waals surface area contributed by atoms with Crippen LogP contribution in [0.2, 0.25) is 0 Å². The third-order valence-electron chi connectivity index (χ3n) is 5.16. The van der Waals surface area contributed by atoms with Crippen molar-refractivity contribution in [3.8, 4) is 11.5 Å². The number of carbonyl (C=O) groups is 1. The average Bonchev–Trinajstić information content (AvgIpc) is 3.02. The standard InChI is InChI=1S/C21H24F2N2O5S/c1-13-9-16-11-17(6-7-18(16)25(13)14(2)26)31(27,28)24(3)12-15-5-8-19(29-4)20(10-15)30-21(22)23/h5-8,10-11,13,21H,9,12H2,1-4H3. The van der Waals surface area contributed by atoms with Gasteiger partial charge in [-0.15, -0.1) is 0 Å². The Morgan fingerprint density at radius 2 is 1.94 bits per heavy atom. The van der Waals surface area contributed by atoms with Crippen LogP contribution in [0.3, 0.4) is 0 Å². The van der Waals surface area contributed by atoms with Crippen LogP contribution in [0.1, 0.15) is 25.0 Å². The minimum absolute atomic E-state index is 0.0456. The Morgan fingerprint density at radius 3 is 2.55 bits per heavy atom. The largest absolute Gasteiger partial charge is 0.493 e. The summed E-state index contributed by atoms with van der Waals surface area (Å²) >= 11 is 0. The second-order valence-corrected chi connectivity index (χ2v) is 9.40. The molecule has 0 fully saturated rings. The van der Waals surface area contributed by atoms with Crippen molar-refractivity contribution in [3.63, 3.8) is 0 Å². The molecular weight excluding hydrogens is 430 g/mol. The number of methoxy groups -OCH3 is 1. The summed E-state index contributed by atoms with van der Waals surface area (Å²) in [5.41, 5.74) is 1.96. The van der Waals surface area contributed by atoms with Gasteiger partial charge in [-0.05, 0) is 54.8 Å². The molecule has 1 heterocycles. The highest BCUT2D eigenvalue weighted by Crippen LogP contribution is 2.35. The Balaban J connectivity index is 1.85. The van der Waals surface area contributed by atoms with Gasteiger partial charge in [0.05, 0.1) is 12.0 Å². The summed E-state index contributed by atoms with van der Waals surface area (Å²) in [7, 11) is -1.12. The molecule has 0 bridgehead atoms. The van der Waals surface area contributed by atoms with Crippen molar-refractivity contribution in [2.45, 2.75) is 44.4 Å². The molecule has 168 valence electrons. The second-order valence-electron chi connectivity index (χ2n) is 7.36. The molecule has 1 aliphatic heterocycles. The summed E-state index contributed by atoms with van der Waals surface area (Å²) in [4.78, 5) is 13.6. The first-order valence-electron chi connectivity index (χ1n) is 9.55. The summed E-state index contributed by atoms with van der Waals surface area (Å²) < 4.78 is 62.1. The first kappa shape index (κ1) is 23.0. The van der Waals surface area contributed by atoms with E-state index in [-0.39, 0.29) is 34.9 Å². The number of anilines is 1. The van der Waals surface area contributed by atoms with Gasteiger partial charge < -0.3 is 14.4 Å². The van der Waals surface area contributed by atoms with Crippen LogP contribution in [0.15, 0.2) is 41.3 Å². The highest BCUT2D eigenvalue weighted by atomic mass is 32.2. The number of alkyl halides is 2. The molecule has 1 unspecified atom stereocenters. The van der Waals surface area contributed by atoms with Gasteiger partial charge in [0.2, 0.25) is 15.9 Å². The van der Waals surface area contributed by atoms with Crippen LogP contribution in [-0.4, -0.2) is 45.4 Å². The van der Waals surface area contributed by atoms with Gasteiger partial charge in [0, 0.05) is 32.2 Å². The molecule has 2 aromatic carbocycles. The van der Waals surface area contributed by atoms with Crippen molar-refractivity contribution in [2.24, 2.45) is 0 Å². The predicted molar refractivity (Wildman–Crippen MR) is 111 cm³/mol. The van der Waals surface area contributed by atoms with Gasteiger partial charge in [-0.25, -0.2) is 8.42 Å². The lowest BCUT2D eigenvalue weighted by molar-refractivity contribution is -0.116. The molecule has 0 saturated heterocycles. The SMILES string of the molecule is COc1ccc(CN(C)S(=O)(=O)c2ccc3c(c2)CC(C)N3C(C)=O)cc1OC(F)F. The third-order valence-corrected chi connectivity index (χ3v) is 6.96. The number of ether oxygens (including phenoxy) is 2. The smallest absolute Gasteiger partial charge is 0.387 e. The Kier molecular flexibility index (Phi) is 6.51. The van der Waals surface area contributed by atoms with Crippen LogP contribution in [-0.2, 0) is 27.8 Å². The molecule has 10 heteroatoms. The van der Waals surface area contributed by atoms with Crippen molar-refractivity contribution in [1.82, 2.24) is 4.31 Å². The van der Waals surface area contributed by atoms with E-state index >= 15 is 0 Å². The number of hydrogen-bond acceptors (Lipinski definition) is 5. The zero-order valence-corrected chi connectivity index (χ0v) is 18.4. The fourth-order valence-electron chi connectivity index (χ4n) is 3.78. The molecule has 0 N–H and O–H groups in total. The monoisotopic (exact) mass is 454 g/mol. The van der Waals surface area contributed by atoms with Crippen LogP contribution in [0.5, 0.6) is 11.5 Å². The molecule has 0 aliphatic carbocycles. The fourth-order valence-corrected chi connectivity index (χ4v) is 4.99. The van der Waals surface area contributed by atoms with Crippen molar-refractivity contribution in [3.05, 3.63) is 47.5 Å². The van der Waals surface area contributed by atoms with E-state index in [2.05, 4.69) is 4.74 Å². The lowest BCUT2D eigenvalue weighted by atomic mass is 10.1. The molecule has 0 saturated carbocycles. The zero-order valence-electron chi connectivity index (χ0n) is 17.6. The lowest BCUT2D eigenvalue weighted by Crippen LogP contribution is -2.33. The predicted octanol–water partition coefficient (Wildman–Crippen LogP) is 3.41. The molecule has 0 aromatic heterocycles. The van der Waals surface area contributed by atoms with Gasteiger partial charge in [-0.2, -0.15) is 13.1 Å². The number of hydrogen-bond donors (Lipinski definition) is 0. The van der Waals surface area contributed by atoms with E-state index in [1.54, 1.807) is 23.1 Å². The fraction of sp³-hybridized carbons (Fsp3) is 0.381. The number of sulfonamides is 1. The number of nitrogens with zero attached hydrogens (tertiary/aromatic N) is 2. The van der Waals surface area contributed by atoms with Gasteiger partial charge >= 0.3 is 6.61 Å². The molecule has 1 aliphatic rings. The normalized spacial score (nSPS) is 16.0. The van der Waals surface area contributed by atoms with Crippen LogP contribution >= 0.6 is 0 Å². The Labute approximate surface area is 180 Å². The van der Waals surface area contributed by atoms with Crippen LogP contribution in [0.25, 0.3) is 0 Å². The third kappa shape index (κ3) is 4.64. The van der Waals surface area contributed by atoms with Gasteiger partial charge in [0.15, 0.2) is 11.5 Å². The quantitative estimate of drug-likeness (QED) is 0.641. The van der Waals surface area contributed by atoms with Crippen molar-refractivity contribution in [2.75, 3.05) is 19.1 Å². The zero-order chi connectivity index (χ0) is 22.9. The molecule has 1 amide bonds. The maximum atomic E-state index is 13.1. The first-order valence-corrected chi connectivity index (χ1v) is 11.0. The number of benzene rings is 2. The Hall–Kier alpha value is -2.72. The molecule has 1 atom stereocenters. The average molecular weight is 454 g/mol. The molecular formula is C21H24F2N2O5S. The van der Waals surface area contributed by atoms with Gasteiger partial charge in [-0.3, -0.25) is 4.79 Å². The van der Waals surface area contributed by atoms with E-state index in [4.69, 9.17) is 4.74 Å². The molecule has 31 heavy (non-hydrogen) atoms. The number of fused-ring (bicyclic) bond motifs is 1. The highest BCUT2D eigenvalue weighted by Gasteiger charge is 2.31. The summed E-state index contributed by atoms with van der Waals surface area (Å²) in [6.45, 7) is 0.294. The maximum Gasteiger partial charge on any atom is 0.387 e. The van der Waals surface area contributed by atoms with E-state index in [1.807, 2.05) is 6.92 Å². The molecule has 2 aromatic rings. The van der Waals surface area contributed by atoms with Crippen LogP contribution in [0, 0.1) is 0 Å². The van der Waals surface area contributed by atoms with Crippen LogP contribution in [0.4, 0.5) is 14.5 Å². The minimum Gasteiger partial charge on any atom is -0.493 e. The number of rotatable bonds is 7. The number of halogens is 2. The van der Waals surface area contributed by atoms with Crippen molar-refractivity contribution < 1.29 is 31.5 Å². The van der Waals surface area contributed by atoms with Gasteiger partial charge in [0.1, 0.15) is 0 Å². The molecule has 0 spiro atoms. The van der Waals surface area contributed by atoms with E-state index in [1.165, 1.54) is 39.3 Å². The topological polar surface area (TPSA) is 76.2 Å². The summed E-state index contributed by atoms with van der Waals surface area (Å²) in [6.07, 6.45) is 0.564. The number of amides is 1. The van der Waals surface area contributed by atoms with Gasteiger partial charge in [0.25, 0.3) is 0 Å². The summed E-state index contributed by atoms with van der Waals surface area (Å²) in [5.74, 6) is -0.144. The molecule has 7 nitrogen and oxygen atoms in total. The summed E-state index contributed by atoms with van der Waals surface area (Å²) in [5, 5.41) is 0. The van der Waals surface area contributed by atoms with Crippen LogP contribution < -0.4 is 14.4 Å². The Bertz CT molecular complexity index is 1090. The van der Waals surface area contributed by atoms with E-state index in [9.17, 15) is 22.0 Å². The van der Waals surface area contributed by atoms with E-state index < -0.39 is 16.6 Å². The minimum atomic E-state index is -3.86. The van der Waals surface area contributed by atoms with Crippen molar-refractivity contribution >= 4 is 21.6 Å². The molecule has 3 rings (SSSR count). The highest BCUT2D eigenvalue weighted by molar-refractivity contribution is 7.89. The second kappa shape index (κ2) is 8.80. The first-order chi connectivity index (χ1) is 14.5. The Morgan fingerprint density at radius 1 is 1.23 bits per heavy atom. The summed E-state index contributed by atoms with van der Waals surface area (Å²) in [6, 6.07) is 9.00. The molecule has 0 radical (unpaired) electrons. The van der Waals surface area contributed by atoms with Gasteiger partial charge in [-0.1, -0.05) is 6.07 Å². The van der Waals surface area contributed by atoms with Crippen molar-refractivity contribution in [1.29, 1.82) is 0 Å². The lowest BCUT2D eigenvalue weighted by Gasteiger charge is -2.21. The maximum absolute atomic E-state index is 13.1. The van der Waals surface area contributed by atoms with E-state index in [0.717, 1.165) is 9.87 Å². The number of carbonyl (C=O) groups excluding carboxylic acids is 1.